The molecule has 0 aromatic heterocycles. The van der Waals surface area contributed by atoms with Gasteiger partial charge in [-0.2, -0.15) is 0 Å². The molecule has 1 unspecified atom stereocenters. The Balaban J connectivity index is 2.92. The number of rotatable bonds is 13. The van der Waals surface area contributed by atoms with E-state index in [1.54, 1.807) is 42.7 Å². The van der Waals surface area contributed by atoms with E-state index in [1.807, 2.05) is 12.1 Å². The number of benzene rings is 2. The van der Waals surface area contributed by atoms with Crippen LogP contribution in [-0.4, -0.2) is 65.9 Å². The molecule has 0 fully saturated rings. The van der Waals surface area contributed by atoms with Crippen molar-refractivity contribution in [3.05, 3.63) is 60.7 Å². The smallest absolute Gasteiger partial charge is 0.377 e. The largest absolute Gasteiger partial charge is 0.511 e. The molecule has 2 rings (SSSR count). The van der Waals surface area contributed by atoms with E-state index >= 15 is 0 Å². The predicted octanol–water partition coefficient (Wildman–Crippen LogP) is 3.95. The average molecular weight is 497 g/mol. The standard InChI is InChI=1S/C23H37O6PSi2/c1-9-22(30(20-16-12-10-13-17-20)21-18-14-11-15-19-21)23(2,31(24-3,25-4)26-5)32(27-6,28-7)29-8/h10-19,22H,9H2,1-8H3. The van der Waals surface area contributed by atoms with Gasteiger partial charge in [0.15, 0.2) is 0 Å². The van der Waals surface area contributed by atoms with Crippen LogP contribution in [0.5, 0.6) is 0 Å². The molecule has 0 spiro atoms. The molecule has 2 aromatic carbocycles. The summed E-state index contributed by atoms with van der Waals surface area (Å²) in [5, 5.41) is 2.51. The quantitative estimate of drug-likeness (QED) is 0.309. The topological polar surface area (TPSA) is 55.4 Å². The highest BCUT2D eigenvalue weighted by Crippen LogP contribution is 2.62. The molecule has 0 aliphatic heterocycles. The summed E-state index contributed by atoms with van der Waals surface area (Å²) >= 11 is 0. The lowest BCUT2D eigenvalue weighted by Crippen LogP contribution is -2.72. The summed E-state index contributed by atoms with van der Waals surface area (Å²) in [5.74, 6) is 0. The first-order valence-electron chi connectivity index (χ1n) is 10.6. The van der Waals surface area contributed by atoms with E-state index in [-0.39, 0.29) is 5.66 Å². The lowest BCUT2D eigenvalue weighted by Gasteiger charge is -2.53. The third-order valence-electron chi connectivity index (χ3n) is 6.32. The van der Waals surface area contributed by atoms with Crippen LogP contribution in [-0.2, 0) is 26.6 Å². The van der Waals surface area contributed by atoms with Crippen molar-refractivity contribution in [3.8, 4) is 0 Å². The Kier molecular flexibility index (Phi) is 10.2. The van der Waals surface area contributed by atoms with E-state index in [9.17, 15) is 0 Å². The molecular formula is C23H37O6PSi2. The van der Waals surface area contributed by atoms with Crippen LogP contribution in [0.4, 0.5) is 0 Å². The molecule has 0 aliphatic carbocycles. The van der Waals surface area contributed by atoms with Gasteiger partial charge < -0.3 is 26.6 Å². The van der Waals surface area contributed by atoms with Gasteiger partial charge in [0.2, 0.25) is 0 Å². The highest BCUT2D eigenvalue weighted by molar-refractivity contribution is 7.74. The Morgan fingerprint density at radius 3 is 1.22 bits per heavy atom. The monoisotopic (exact) mass is 496 g/mol. The fraction of sp³-hybridized carbons (Fsp3) is 0.478. The number of hydrogen-bond donors (Lipinski definition) is 0. The zero-order valence-corrected chi connectivity index (χ0v) is 23.3. The molecule has 6 nitrogen and oxygen atoms in total. The fourth-order valence-electron chi connectivity index (χ4n) is 4.90. The molecule has 0 bridgehead atoms. The Hall–Kier alpha value is -0.936. The summed E-state index contributed by atoms with van der Waals surface area (Å²) in [4.78, 5) is 0. The van der Waals surface area contributed by atoms with Crippen LogP contribution < -0.4 is 10.6 Å². The maximum Gasteiger partial charge on any atom is 0.511 e. The molecule has 0 saturated carbocycles. The van der Waals surface area contributed by atoms with Gasteiger partial charge in [-0.1, -0.05) is 67.6 Å². The molecule has 1 atom stereocenters. The SMILES string of the molecule is CCC(P(c1ccccc1)c1ccccc1)C(C)([Si](OC)(OC)OC)[Si](OC)(OC)OC. The van der Waals surface area contributed by atoms with Gasteiger partial charge in [-0.15, -0.1) is 0 Å². The minimum Gasteiger partial charge on any atom is -0.377 e. The molecule has 0 saturated heterocycles. The lowest BCUT2D eigenvalue weighted by atomic mass is 10.2. The molecule has 178 valence electrons. The van der Waals surface area contributed by atoms with E-state index < -0.39 is 30.2 Å². The van der Waals surface area contributed by atoms with Crippen LogP contribution >= 0.6 is 7.92 Å². The molecule has 32 heavy (non-hydrogen) atoms. The van der Waals surface area contributed by atoms with E-state index in [0.717, 1.165) is 6.42 Å². The molecular weight excluding hydrogens is 459 g/mol. The summed E-state index contributed by atoms with van der Waals surface area (Å²) in [6, 6.07) is 21.2. The first kappa shape index (κ1) is 27.3. The van der Waals surface area contributed by atoms with E-state index in [2.05, 4.69) is 62.4 Å². The first-order chi connectivity index (χ1) is 15.4. The van der Waals surface area contributed by atoms with Crippen LogP contribution in [0.3, 0.4) is 0 Å². The fourth-order valence-corrected chi connectivity index (χ4v) is 17.6. The summed E-state index contributed by atoms with van der Waals surface area (Å²) in [6.07, 6.45) is 0.821. The first-order valence-corrected chi connectivity index (χ1v) is 15.5. The molecule has 0 N–H and O–H groups in total. The molecule has 0 radical (unpaired) electrons. The highest BCUT2D eigenvalue weighted by Gasteiger charge is 2.76. The number of hydrogen-bond acceptors (Lipinski definition) is 6. The van der Waals surface area contributed by atoms with Crippen LogP contribution in [0.2, 0.25) is 4.66 Å². The summed E-state index contributed by atoms with van der Waals surface area (Å²) in [7, 11) is 2.19. The maximum absolute atomic E-state index is 6.12. The Labute approximate surface area is 196 Å². The molecule has 0 heterocycles. The second-order valence-corrected chi connectivity index (χ2v) is 17.2. The lowest BCUT2D eigenvalue weighted by molar-refractivity contribution is 0.0564. The van der Waals surface area contributed by atoms with Crippen molar-refractivity contribution in [1.82, 2.24) is 0 Å². The zero-order chi connectivity index (χ0) is 23.8. The van der Waals surface area contributed by atoms with Gasteiger partial charge in [-0.25, -0.2) is 0 Å². The van der Waals surface area contributed by atoms with Gasteiger partial charge in [0.1, 0.15) is 4.66 Å². The minimum atomic E-state index is -3.38. The van der Waals surface area contributed by atoms with Gasteiger partial charge in [0, 0.05) is 48.3 Å². The van der Waals surface area contributed by atoms with Gasteiger partial charge in [-0.05, 0) is 31.9 Å². The normalized spacial score (nSPS) is 14.0. The second kappa shape index (κ2) is 12.0. The van der Waals surface area contributed by atoms with Crippen LogP contribution in [0.25, 0.3) is 0 Å². The third-order valence-corrected chi connectivity index (χ3v) is 18.3. The van der Waals surface area contributed by atoms with E-state index in [0.29, 0.717) is 0 Å². The Morgan fingerprint density at radius 1 is 0.656 bits per heavy atom. The third kappa shape index (κ3) is 4.53. The van der Waals surface area contributed by atoms with Crippen molar-refractivity contribution in [2.24, 2.45) is 0 Å². The zero-order valence-electron chi connectivity index (χ0n) is 20.5. The molecule has 0 aliphatic rings. The van der Waals surface area contributed by atoms with Crippen LogP contribution in [0.15, 0.2) is 60.7 Å². The highest BCUT2D eigenvalue weighted by atomic mass is 31.1. The van der Waals surface area contributed by atoms with Gasteiger partial charge >= 0.3 is 17.6 Å². The molecule has 0 amide bonds. The van der Waals surface area contributed by atoms with Crippen molar-refractivity contribution in [2.75, 3.05) is 42.7 Å². The van der Waals surface area contributed by atoms with Crippen LogP contribution in [0.1, 0.15) is 20.3 Å². The maximum atomic E-state index is 6.12. The van der Waals surface area contributed by atoms with Crippen molar-refractivity contribution in [1.29, 1.82) is 0 Å². The molecule has 9 heteroatoms. The van der Waals surface area contributed by atoms with E-state index in [4.69, 9.17) is 26.6 Å². The van der Waals surface area contributed by atoms with E-state index in [1.165, 1.54) is 10.6 Å². The predicted molar refractivity (Wildman–Crippen MR) is 135 cm³/mol. The van der Waals surface area contributed by atoms with Gasteiger partial charge in [-0.3, -0.25) is 0 Å². The average Bonchev–Trinajstić information content (AvgIpc) is 2.86. The van der Waals surface area contributed by atoms with Gasteiger partial charge in [0.25, 0.3) is 0 Å². The summed E-state index contributed by atoms with van der Waals surface area (Å²) in [6.45, 7) is 4.29. The van der Waals surface area contributed by atoms with Gasteiger partial charge in [0.05, 0.1) is 0 Å². The molecule has 2 aromatic rings. The minimum absolute atomic E-state index is 0.0142. The van der Waals surface area contributed by atoms with Crippen molar-refractivity contribution in [2.45, 2.75) is 30.6 Å². The second-order valence-electron chi connectivity index (χ2n) is 7.50. The Morgan fingerprint density at radius 2 is 0.969 bits per heavy atom. The van der Waals surface area contributed by atoms with Crippen molar-refractivity contribution >= 4 is 36.1 Å². The van der Waals surface area contributed by atoms with Crippen molar-refractivity contribution < 1.29 is 26.6 Å². The Bertz CT molecular complexity index is 727. The van der Waals surface area contributed by atoms with Crippen molar-refractivity contribution in [3.63, 3.8) is 0 Å². The van der Waals surface area contributed by atoms with Crippen LogP contribution in [0, 0.1) is 0 Å². The summed E-state index contributed by atoms with van der Waals surface area (Å²) in [5.41, 5.74) is 0.0142. The summed E-state index contributed by atoms with van der Waals surface area (Å²) < 4.78 is 35.9.